The quantitative estimate of drug-likeness (QED) is 0.808. The summed E-state index contributed by atoms with van der Waals surface area (Å²) in [7, 11) is 0. The summed E-state index contributed by atoms with van der Waals surface area (Å²) < 4.78 is 1.95. The van der Waals surface area contributed by atoms with E-state index in [-0.39, 0.29) is 18.1 Å². The lowest BCUT2D eigenvalue weighted by Crippen LogP contribution is -2.50. The van der Waals surface area contributed by atoms with Crippen molar-refractivity contribution in [1.82, 2.24) is 24.5 Å². The van der Waals surface area contributed by atoms with E-state index in [9.17, 15) is 9.90 Å². The molecule has 2 amide bonds. The lowest BCUT2D eigenvalue weighted by molar-refractivity contribution is 0.0842. The molecule has 3 rings (SSSR count). The van der Waals surface area contributed by atoms with Gasteiger partial charge in [0.05, 0.1) is 25.4 Å². The summed E-state index contributed by atoms with van der Waals surface area (Å²) in [6.45, 7) is 13.0. The van der Waals surface area contributed by atoms with Gasteiger partial charge in [-0.05, 0) is 53.6 Å². The van der Waals surface area contributed by atoms with Gasteiger partial charge < -0.3 is 19.8 Å². The molecule has 158 valence electrons. The Morgan fingerprint density at radius 1 is 1.11 bits per heavy atom. The Hall–Kier alpha value is -1.60. The molecule has 2 aliphatic rings. The highest BCUT2D eigenvalue weighted by Crippen LogP contribution is 2.22. The van der Waals surface area contributed by atoms with Gasteiger partial charge in [-0.2, -0.15) is 5.10 Å². The van der Waals surface area contributed by atoms with Crippen molar-refractivity contribution < 1.29 is 9.90 Å². The molecule has 2 aliphatic heterocycles. The molecule has 0 radical (unpaired) electrons. The Morgan fingerprint density at radius 2 is 1.79 bits per heavy atom. The van der Waals surface area contributed by atoms with E-state index in [2.05, 4.69) is 37.7 Å². The fraction of sp³-hybridized carbons (Fsp3) is 0.810. The first-order valence-corrected chi connectivity index (χ1v) is 10.9. The second-order valence-corrected chi connectivity index (χ2v) is 8.86. The number of carbonyl (C=O) groups is 1. The Kier molecular flexibility index (Phi) is 6.99. The summed E-state index contributed by atoms with van der Waals surface area (Å²) in [5.74, 6) is 0. The topological polar surface area (TPSA) is 64.8 Å². The summed E-state index contributed by atoms with van der Waals surface area (Å²) in [6, 6.07) is 0.469. The summed E-state index contributed by atoms with van der Waals surface area (Å²) in [4.78, 5) is 19.2. The average Bonchev–Trinajstić information content (AvgIpc) is 3.04. The Labute approximate surface area is 169 Å². The van der Waals surface area contributed by atoms with E-state index in [1.807, 2.05) is 20.7 Å². The molecule has 7 heteroatoms. The van der Waals surface area contributed by atoms with Crippen LogP contribution in [0, 0.1) is 0 Å². The van der Waals surface area contributed by atoms with Gasteiger partial charge in [0.25, 0.3) is 0 Å². The van der Waals surface area contributed by atoms with Gasteiger partial charge in [-0.15, -0.1) is 0 Å². The Balaban J connectivity index is 1.60. The molecule has 1 saturated heterocycles. The second kappa shape index (κ2) is 9.27. The molecule has 28 heavy (non-hydrogen) atoms. The van der Waals surface area contributed by atoms with Gasteiger partial charge in [0.15, 0.2) is 0 Å². The van der Waals surface area contributed by atoms with Crippen molar-refractivity contribution in [3.05, 3.63) is 17.5 Å². The molecule has 0 spiro atoms. The molecule has 1 aromatic rings. The van der Waals surface area contributed by atoms with Crippen molar-refractivity contribution in [2.24, 2.45) is 0 Å². The van der Waals surface area contributed by atoms with E-state index in [0.717, 1.165) is 31.6 Å². The summed E-state index contributed by atoms with van der Waals surface area (Å²) in [5.41, 5.74) is 2.28. The number of carbonyl (C=O) groups excluding carboxylic acids is 1. The molecule has 1 N–H and O–H groups in total. The minimum atomic E-state index is -0.404. The van der Waals surface area contributed by atoms with Crippen LogP contribution in [0.3, 0.4) is 0 Å². The number of β-amino-alcohol motifs (C(OH)–C–C–N with tert-alkyl or cyclic N) is 1. The number of aliphatic hydroxyl groups is 1. The monoisotopic (exact) mass is 391 g/mol. The summed E-state index contributed by atoms with van der Waals surface area (Å²) in [5, 5.41) is 15.1. The highest BCUT2D eigenvalue weighted by molar-refractivity contribution is 5.75. The van der Waals surface area contributed by atoms with Crippen LogP contribution < -0.4 is 0 Å². The predicted octanol–water partition coefficient (Wildman–Crippen LogP) is 2.33. The summed E-state index contributed by atoms with van der Waals surface area (Å²) >= 11 is 0. The van der Waals surface area contributed by atoms with E-state index < -0.39 is 6.10 Å². The summed E-state index contributed by atoms with van der Waals surface area (Å²) in [6.07, 6.45) is 6.03. The van der Waals surface area contributed by atoms with Crippen LogP contribution >= 0.6 is 0 Å². The van der Waals surface area contributed by atoms with Crippen molar-refractivity contribution in [2.75, 3.05) is 26.2 Å². The molecule has 1 atom stereocenters. The molecular formula is C21H37N5O2. The third kappa shape index (κ3) is 4.87. The van der Waals surface area contributed by atoms with Gasteiger partial charge >= 0.3 is 6.03 Å². The normalized spacial score (nSPS) is 19.2. The number of hydrogen-bond acceptors (Lipinski definition) is 4. The molecule has 7 nitrogen and oxygen atoms in total. The van der Waals surface area contributed by atoms with Crippen molar-refractivity contribution in [3.8, 4) is 0 Å². The van der Waals surface area contributed by atoms with Crippen molar-refractivity contribution in [3.63, 3.8) is 0 Å². The molecule has 1 fully saturated rings. The van der Waals surface area contributed by atoms with Crippen LogP contribution in [-0.4, -0.2) is 80.0 Å². The minimum absolute atomic E-state index is 0.105. The molecular weight excluding hydrogens is 354 g/mol. The van der Waals surface area contributed by atoms with Gasteiger partial charge in [0.2, 0.25) is 0 Å². The predicted molar refractivity (Wildman–Crippen MR) is 110 cm³/mol. The van der Waals surface area contributed by atoms with Crippen molar-refractivity contribution in [1.29, 1.82) is 0 Å². The third-order valence-corrected chi connectivity index (χ3v) is 5.92. The van der Waals surface area contributed by atoms with Crippen LogP contribution in [0.4, 0.5) is 4.79 Å². The number of aliphatic hydroxyl groups excluding tert-OH is 1. The van der Waals surface area contributed by atoms with Crippen LogP contribution in [0.2, 0.25) is 0 Å². The average molecular weight is 392 g/mol. The van der Waals surface area contributed by atoms with Gasteiger partial charge in [0, 0.05) is 42.9 Å². The minimum Gasteiger partial charge on any atom is -0.390 e. The molecule has 0 saturated carbocycles. The van der Waals surface area contributed by atoms with E-state index in [0.29, 0.717) is 19.6 Å². The number of likely N-dealkylation sites (tertiary alicyclic amines) is 1. The maximum atomic E-state index is 13.0. The third-order valence-electron chi connectivity index (χ3n) is 5.92. The molecule has 0 unspecified atom stereocenters. The SMILES string of the molecule is CC(C)N(C(=O)N1CCc2c(cnn2C[C@@H](O)CN2CCCCC2)C1)C(C)C. The molecule has 0 aromatic carbocycles. The zero-order chi connectivity index (χ0) is 20.3. The van der Waals surface area contributed by atoms with E-state index in [1.165, 1.54) is 25.0 Å². The first-order valence-electron chi connectivity index (χ1n) is 10.9. The largest absolute Gasteiger partial charge is 0.390 e. The first kappa shape index (κ1) is 21.1. The first-order chi connectivity index (χ1) is 13.4. The number of nitrogens with zero attached hydrogens (tertiary/aromatic N) is 5. The number of fused-ring (bicyclic) bond motifs is 1. The van der Waals surface area contributed by atoms with Gasteiger partial charge in [-0.3, -0.25) is 4.68 Å². The standard InChI is InChI=1S/C21H37N5O2/c1-16(2)26(17(3)4)21(28)24-11-8-20-18(13-24)12-22-25(20)15-19(27)14-23-9-6-5-7-10-23/h12,16-17,19,27H,5-11,13-15H2,1-4H3/t19-/m0/s1. The zero-order valence-corrected chi connectivity index (χ0v) is 18.0. The number of rotatable bonds is 6. The fourth-order valence-electron chi connectivity index (χ4n) is 4.62. The van der Waals surface area contributed by atoms with E-state index >= 15 is 0 Å². The molecule has 1 aromatic heterocycles. The smallest absolute Gasteiger partial charge is 0.320 e. The van der Waals surface area contributed by atoms with Crippen molar-refractivity contribution in [2.45, 2.75) is 84.7 Å². The van der Waals surface area contributed by atoms with E-state index in [1.54, 1.807) is 0 Å². The Bertz CT molecular complexity index is 643. The van der Waals surface area contributed by atoms with Crippen LogP contribution in [0.15, 0.2) is 6.20 Å². The number of piperidine rings is 1. The van der Waals surface area contributed by atoms with E-state index in [4.69, 9.17) is 0 Å². The van der Waals surface area contributed by atoms with Gasteiger partial charge in [-0.25, -0.2) is 4.79 Å². The van der Waals surface area contributed by atoms with Crippen LogP contribution in [-0.2, 0) is 19.5 Å². The van der Waals surface area contributed by atoms with Crippen LogP contribution in [0.1, 0.15) is 58.2 Å². The van der Waals surface area contributed by atoms with Gasteiger partial charge in [0.1, 0.15) is 0 Å². The molecule has 3 heterocycles. The number of hydrogen-bond donors (Lipinski definition) is 1. The fourth-order valence-corrected chi connectivity index (χ4v) is 4.62. The lowest BCUT2D eigenvalue weighted by Gasteiger charge is -2.37. The number of aromatic nitrogens is 2. The highest BCUT2D eigenvalue weighted by atomic mass is 16.3. The molecule has 0 aliphatic carbocycles. The maximum absolute atomic E-state index is 13.0. The van der Waals surface area contributed by atoms with Crippen LogP contribution in [0.25, 0.3) is 0 Å². The maximum Gasteiger partial charge on any atom is 0.320 e. The second-order valence-electron chi connectivity index (χ2n) is 8.86. The lowest BCUT2D eigenvalue weighted by atomic mass is 10.1. The van der Waals surface area contributed by atoms with Crippen LogP contribution in [0.5, 0.6) is 0 Å². The highest BCUT2D eigenvalue weighted by Gasteiger charge is 2.30. The van der Waals surface area contributed by atoms with Gasteiger partial charge in [-0.1, -0.05) is 6.42 Å². The van der Waals surface area contributed by atoms with Crippen molar-refractivity contribution >= 4 is 6.03 Å². The number of urea groups is 1. The zero-order valence-electron chi connectivity index (χ0n) is 18.0. The number of amides is 2. The molecule has 0 bridgehead atoms. The Morgan fingerprint density at radius 3 is 2.43 bits per heavy atom.